The van der Waals surface area contributed by atoms with Crippen LogP contribution in [0.25, 0.3) is 10.9 Å². The Morgan fingerprint density at radius 1 is 1.32 bits per heavy atom. The van der Waals surface area contributed by atoms with Crippen LogP contribution in [-0.4, -0.2) is 36.8 Å². The van der Waals surface area contributed by atoms with Crippen molar-refractivity contribution in [3.05, 3.63) is 30.0 Å². The maximum atomic E-state index is 11.0. The zero-order valence-corrected chi connectivity index (χ0v) is 12.1. The van der Waals surface area contributed by atoms with Crippen molar-refractivity contribution >= 4 is 20.7 Å². The first-order chi connectivity index (χ1) is 8.97. The summed E-state index contributed by atoms with van der Waals surface area (Å²) in [4.78, 5) is 0. The van der Waals surface area contributed by atoms with Gasteiger partial charge in [-0.05, 0) is 19.0 Å². The fourth-order valence-corrected chi connectivity index (χ4v) is 2.75. The van der Waals surface area contributed by atoms with Crippen molar-refractivity contribution in [2.24, 2.45) is 7.05 Å². The molecule has 0 saturated carbocycles. The Kier molecular flexibility index (Phi) is 4.21. The highest BCUT2D eigenvalue weighted by Gasteiger charge is 2.07. The predicted molar refractivity (Wildman–Crippen MR) is 76.7 cm³/mol. The molecule has 2 aromatic rings. The molecule has 104 valence electrons. The number of benzene rings is 1. The Morgan fingerprint density at radius 3 is 2.79 bits per heavy atom. The first-order valence-corrected chi connectivity index (χ1v) is 8.32. The van der Waals surface area contributed by atoms with E-state index in [0.29, 0.717) is 19.5 Å². The molecule has 6 heteroatoms. The van der Waals surface area contributed by atoms with Crippen molar-refractivity contribution in [2.45, 2.75) is 13.0 Å². The summed E-state index contributed by atoms with van der Waals surface area (Å²) < 4.78 is 23.9. The molecule has 1 heterocycles. The third-order valence-corrected chi connectivity index (χ3v) is 4.03. The summed E-state index contributed by atoms with van der Waals surface area (Å²) in [5.74, 6) is 0.225. The number of nitrogens with zero attached hydrogens (tertiary/aromatic N) is 2. The summed E-state index contributed by atoms with van der Waals surface area (Å²) in [6.45, 7) is 1.34. The number of rotatable bonds is 6. The predicted octanol–water partition coefficient (Wildman–Crippen LogP) is 1.10. The van der Waals surface area contributed by atoms with E-state index in [4.69, 9.17) is 0 Å². The average Bonchev–Trinajstić information content (AvgIpc) is 2.65. The van der Waals surface area contributed by atoms with Gasteiger partial charge in [-0.3, -0.25) is 4.68 Å². The number of para-hydroxylation sites is 1. The number of nitrogens with one attached hydrogen (secondary N) is 1. The number of sulfone groups is 1. The van der Waals surface area contributed by atoms with Crippen molar-refractivity contribution in [1.82, 2.24) is 15.1 Å². The van der Waals surface area contributed by atoms with E-state index in [-0.39, 0.29) is 5.75 Å². The first kappa shape index (κ1) is 14.0. The Hall–Kier alpha value is -1.40. The molecule has 2 rings (SSSR count). The van der Waals surface area contributed by atoms with Gasteiger partial charge in [0.2, 0.25) is 0 Å². The van der Waals surface area contributed by atoms with E-state index in [1.54, 1.807) is 0 Å². The van der Waals surface area contributed by atoms with Gasteiger partial charge in [-0.2, -0.15) is 5.10 Å². The van der Waals surface area contributed by atoms with E-state index in [9.17, 15) is 8.42 Å². The fourth-order valence-electron chi connectivity index (χ4n) is 2.09. The van der Waals surface area contributed by atoms with Crippen LogP contribution in [0, 0.1) is 0 Å². The molecular weight excluding hydrogens is 262 g/mol. The second-order valence-corrected chi connectivity index (χ2v) is 7.01. The van der Waals surface area contributed by atoms with Gasteiger partial charge in [0.15, 0.2) is 0 Å². The number of hydrogen-bond donors (Lipinski definition) is 1. The van der Waals surface area contributed by atoms with E-state index in [0.717, 1.165) is 16.6 Å². The van der Waals surface area contributed by atoms with Crippen molar-refractivity contribution in [1.29, 1.82) is 0 Å². The van der Waals surface area contributed by atoms with Crippen molar-refractivity contribution in [2.75, 3.05) is 18.6 Å². The minimum atomic E-state index is -2.86. The van der Waals surface area contributed by atoms with Crippen LogP contribution in [0.2, 0.25) is 0 Å². The quantitative estimate of drug-likeness (QED) is 0.805. The lowest BCUT2D eigenvalue weighted by Crippen LogP contribution is -2.18. The first-order valence-electron chi connectivity index (χ1n) is 6.26. The Balaban J connectivity index is 1.92. The molecule has 0 aliphatic heterocycles. The molecule has 1 aromatic heterocycles. The third-order valence-electron chi connectivity index (χ3n) is 3.00. The Bertz CT molecular complexity index is 662. The molecule has 0 amide bonds. The topological polar surface area (TPSA) is 64.0 Å². The van der Waals surface area contributed by atoms with E-state index in [1.807, 2.05) is 29.9 Å². The molecule has 0 bridgehead atoms. The van der Waals surface area contributed by atoms with Gasteiger partial charge >= 0.3 is 0 Å². The van der Waals surface area contributed by atoms with E-state index in [2.05, 4.69) is 16.5 Å². The minimum absolute atomic E-state index is 0.225. The van der Waals surface area contributed by atoms with Crippen LogP contribution in [0.3, 0.4) is 0 Å². The maximum Gasteiger partial charge on any atom is 0.147 e. The molecular formula is C13H19N3O2S. The SMILES string of the molecule is Cn1nc(CNCCCS(C)(=O)=O)c2ccccc21. The normalized spacial score (nSPS) is 12.1. The molecule has 19 heavy (non-hydrogen) atoms. The van der Waals surface area contributed by atoms with Crippen molar-refractivity contribution < 1.29 is 8.42 Å². The minimum Gasteiger partial charge on any atom is -0.311 e. The summed E-state index contributed by atoms with van der Waals surface area (Å²) in [6, 6.07) is 8.08. The third kappa shape index (κ3) is 3.78. The second kappa shape index (κ2) is 5.71. The van der Waals surface area contributed by atoms with Crippen LogP contribution in [0.5, 0.6) is 0 Å². The fraction of sp³-hybridized carbons (Fsp3) is 0.462. The average molecular weight is 281 g/mol. The summed E-state index contributed by atoms with van der Waals surface area (Å²) in [5, 5.41) is 8.85. The monoisotopic (exact) mass is 281 g/mol. The molecule has 0 unspecified atom stereocenters. The van der Waals surface area contributed by atoms with Gasteiger partial charge in [-0.15, -0.1) is 0 Å². The van der Waals surface area contributed by atoms with E-state index in [1.165, 1.54) is 6.26 Å². The Morgan fingerprint density at radius 2 is 2.05 bits per heavy atom. The van der Waals surface area contributed by atoms with Gasteiger partial charge in [0.1, 0.15) is 9.84 Å². The summed E-state index contributed by atoms with van der Waals surface area (Å²) >= 11 is 0. The zero-order valence-electron chi connectivity index (χ0n) is 11.3. The van der Waals surface area contributed by atoms with Gasteiger partial charge < -0.3 is 5.32 Å². The molecule has 0 spiro atoms. The smallest absolute Gasteiger partial charge is 0.147 e. The van der Waals surface area contributed by atoms with Crippen LogP contribution in [0.4, 0.5) is 0 Å². The second-order valence-electron chi connectivity index (χ2n) is 4.75. The van der Waals surface area contributed by atoms with Crippen molar-refractivity contribution in [3.8, 4) is 0 Å². The highest BCUT2D eigenvalue weighted by atomic mass is 32.2. The van der Waals surface area contributed by atoms with Crippen LogP contribution in [0.15, 0.2) is 24.3 Å². The van der Waals surface area contributed by atoms with Gasteiger partial charge in [-0.1, -0.05) is 18.2 Å². The Labute approximate surface area is 113 Å². The summed E-state index contributed by atoms with van der Waals surface area (Å²) in [5.41, 5.74) is 2.10. The largest absolute Gasteiger partial charge is 0.311 e. The molecule has 1 N–H and O–H groups in total. The zero-order chi connectivity index (χ0) is 13.9. The molecule has 0 aliphatic carbocycles. The highest BCUT2D eigenvalue weighted by Crippen LogP contribution is 2.16. The number of aromatic nitrogens is 2. The number of fused-ring (bicyclic) bond motifs is 1. The summed E-state index contributed by atoms with van der Waals surface area (Å²) in [6.07, 6.45) is 1.89. The molecule has 5 nitrogen and oxygen atoms in total. The molecule has 0 saturated heterocycles. The highest BCUT2D eigenvalue weighted by molar-refractivity contribution is 7.90. The lowest BCUT2D eigenvalue weighted by molar-refractivity contribution is 0.593. The maximum absolute atomic E-state index is 11.0. The van der Waals surface area contributed by atoms with Crippen LogP contribution < -0.4 is 5.32 Å². The molecule has 0 radical (unpaired) electrons. The van der Waals surface area contributed by atoms with Crippen LogP contribution in [-0.2, 0) is 23.4 Å². The van der Waals surface area contributed by atoms with Crippen LogP contribution in [0.1, 0.15) is 12.1 Å². The lowest BCUT2D eigenvalue weighted by atomic mass is 10.2. The molecule has 0 fully saturated rings. The van der Waals surface area contributed by atoms with Crippen molar-refractivity contribution in [3.63, 3.8) is 0 Å². The van der Waals surface area contributed by atoms with Crippen LogP contribution >= 0.6 is 0 Å². The summed E-state index contributed by atoms with van der Waals surface area (Å²) in [7, 11) is -0.933. The lowest BCUT2D eigenvalue weighted by Gasteiger charge is -2.02. The van der Waals surface area contributed by atoms with Gasteiger partial charge in [0.25, 0.3) is 0 Å². The van der Waals surface area contributed by atoms with Gasteiger partial charge in [0, 0.05) is 25.2 Å². The number of hydrogen-bond acceptors (Lipinski definition) is 4. The van der Waals surface area contributed by atoms with E-state index >= 15 is 0 Å². The number of aryl methyl sites for hydroxylation is 1. The standard InChI is InChI=1S/C13H19N3O2S/c1-16-13-7-4-3-6-11(13)12(15-16)10-14-8-5-9-19(2,17)18/h3-4,6-7,14H,5,8-10H2,1-2H3. The molecule has 0 atom stereocenters. The van der Waals surface area contributed by atoms with Gasteiger partial charge in [-0.25, -0.2) is 8.42 Å². The molecule has 1 aromatic carbocycles. The molecule has 0 aliphatic rings. The van der Waals surface area contributed by atoms with E-state index < -0.39 is 9.84 Å². The van der Waals surface area contributed by atoms with Gasteiger partial charge in [0.05, 0.1) is 17.0 Å².